The van der Waals surface area contributed by atoms with Crippen LogP contribution in [-0.4, -0.2) is 38.1 Å². The number of rotatable bonds is 6. The van der Waals surface area contributed by atoms with Gasteiger partial charge in [0.1, 0.15) is 6.33 Å². The molecule has 0 aliphatic rings. The predicted octanol–water partition coefficient (Wildman–Crippen LogP) is 2.37. The van der Waals surface area contributed by atoms with Crippen LogP contribution in [0, 0.1) is 0 Å². The summed E-state index contributed by atoms with van der Waals surface area (Å²) in [5.41, 5.74) is 1.66. The molecule has 27 heavy (non-hydrogen) atoms. The van der Waals surface area contributed by atoms with Crippen LogP contribution < -0.4 is 5.32 Å². The number of benzene rings is 1. The molecule has 0 radical (unpaired) electrons. The van der Waals surface area contributed by atoms with Crippen LogP contribution in [-0.2, 0) is 16.1 Å². The fraction of sp³-hybridized carbons (Fsp3) is 0.278. The molecule has 8 nitrogen and oxygen atoms in total. The summed E-state index contributed by atoms with van der Waals surface area (Å²) < 4.78 is 6.64. The van der Waals surface area contributed by atoms with Crippen molar-refractivity contribution >= 4 is 29.3 Å². The molecule has 2 aromatic heterocycles. The Morgan fingerprint density at radius 1 is 1.26 bits per heavy atom. The molecule has 0 bridgehead atoms. The molecule has 3 aromatic rings. The zero-order valence-corrected chi connectivity index (χ0v) is 15.6. The molecule has 1 amide bonds. The monoisotopic (exact) mass is 387 g/mol. The van der Waals surface area contributed by atoms with Crippen molar-refractivity contribution in [3.8, 4) is 0 Å². The van der Waals surface area contributed by atoms with Gasteiger partial charge in [0.15, 0.2) is 6.61 Å². The molecule has 0 unspecified atom stereocenters. The lowest BCUT2D eigenvalue weighted by Crippen LogP contribution is -2.29. The maximum atomic E-state index is 12.4. The summed E-state index contributed by atoms with van der Waals surface area (Å²) in [4.78, 5) is 32.5. The number of halogens is 1. The van der Waals surface area contributed by atoms with Crippen molar-refractivity contribution in [2.24, 2.45) is 0 Å². The average molecular weight is 388 g/mol. The number of nitrogens with zero attached hydrogens (tertiary/aromatic N) is 4. The first-order chi connectivity index (χ1) is 13.0. The van der Waals surface area contributed by atoms with Crippen LogP contribution in [0.4, 0.5) is 0 Å². The third-order valence-corrected chi connectivity index (χ3v) is 4.25. The molecule has 0 aliphatic heterocycles. The number of nitrogens with one attached hydrogen (secondary N) is 1. The highest BCUT2D eigenvalue weighted by Gasteiger charge is 2.21. The van der Waals surface area contributed by atoms with Gasteiger partial charge in [0.05, 0.1) is 11.3 Å². The third kappa shape index (κ3) is 4.22. The third-order valence-electron chi connectivity index (χ3n) is 3.88. The van der Waals surface area contributed by atoms with Gasteiger partial charge in [0, 0.05) is 17.8 Å². The smallest absolute Gasteiger partial charge is 0.342 e. The molecule has 140 valence electrons. The minimum Gasteiger partial charge on any atom is -0.452 e. The summed E-state index contributed by atoms with van der Waals surface area (Å²) >= 11 is 6.04. The van der Waals surface area contributed by atoms with Gasteiger partial charge in [-0.25, -0.2) is 14.3 Å². The number of carbonyl (C=O) groups excluding carboxylic acids is 2. The molecule has 0 saturated carbocycles. The van der Waals surface area contributed by atoms with Crippen molar-refractivity contribution in [3.05, 3.63) is 58.6 Å². The lowest BCUT2D eigenvalue weighted by Gasteiger charge is -2.13. The van der Waals surface area contributed by atoms with E-state index in [2.05, 4.69) is 20.4 Å². The Morgan fingerprint density at radius 3 is 2.78 bits per heavy atom. The number of carbonyl (C=O) groups is 2. The van der Waals surface area contributed by atoms with Gasteiger partial charge in [-0.15, -0.1) is 0 Å². The molecule has 3 rings (SSSR count). The second-order valence-corrected chi connectivity index (χ2v) is 6.54. The zero-order chi connectivity index (χ0) is 19.4. The predicted molar refractivity (Wildman–Crippen MR) is 98.5 cm³/mol. The second-order valence-electron chi connectivity index (χ2n) is 6.13. The molecule has 0 saturated heterocycles. The number of amides is 1. The van der Waals surface area contributed by atoms with E-state index in [0.29, 0.717) is 16.5 Å². The van der Waals surface area contributed by atoms with E-state index in [0.717, 1.165) is 5.56 Å². The Balaban J connectivity index is 1.64. The first-order valence-corrected chi connectivity index (χ1v) is 8.71. The summed E-state index contributed by atoms with van der Waals surface area (Å²) in [5, 5.41) is 7.32. The Kier molecular flexibility index (Phi) is 5.66. The van der Waals surface area contributed by atoms with Gasteiger partial charge in [-0.05, 0) is 17.5 Å². The lowest BCUT2D eigenvalue weighted by molar-refractivity contribution is -0.124. The highest BCUT2D eigenvalue weighted by molar-refractivity contribution is 6.31. The minimum absolute atomic E-state index is 0.0196. The summed E-state index contributed by atoms with van der Waals surface area (Å²) in [5.74, 6) is -0.692. The minimum atomic E-state index is -0.642. The largest absolute Gasteiger partial charge is 0.452 e. The second kappa shape index (κ2) is 8.13. The molecular weight excluding hydrogens is 370 g/mol. The van der Waals surface area contributed by atoms with E-state index in [1.54, 1.807) is 6.07 Å². The number of esters is 1. The van der Waals surface area contributed by atoms with Crippen molar-refractivity contribution in [2.45, 2.75) is 26.3 Å². The van der Waals surface area contributed by atoms with Crippen LogP contribution in [0.15, 0.2) is 36.8 Å². The van der Waals surface area contributed by atoms with E-state index in [1.165, 1.54) is 17.0 Å². The normalized spacial score (nSPS) is 11.0. The van der Waals surface area contributed by atoms with E-state index < -0.39 is 18.5 Å². The van der Waals surface area contributed by atoms with Gasteiger partial charge >= 0.3 is 5.97 Å². The Bertz CT molecular complexity index is 986. The molecule has 1 aromatic carbocycles. The molecular formula is C18H18ClN5O3. The van der Waals surface area contributed by atoms with Crippen molar-refractivity contribution in [2.75, 3.05) is 6.61 Å². The van der Waals surface area contributed by atoms with Gasteiger partial charge < -0.3 is 10.1 Å². The summed E-state index contributed by atoms with van der Waals surface area (Å²) in [7, 11) is 0. The zero-order valence-electron chi connectivity index (χ0n) is 14.8. The molecule has 1 N–H and O–H groups in total. The van der Waals surface area contributed by atoms with Crippen LogP contribution in [0.5, 0.6) is 0 Å². The first kappa shape index (κ1) is 18.8. The summed E-state index contributed by atoms with van der Waals surface area (Å²) in [6.45, 7) is 3.68. The number of ether oxygens (including phenoxy) is 1. The van der Waals surface area contributed by atoms with Gasteiger partial charge in [-0.1, -0.05) is 43.6 Å². The Morgan fingerprint density at radius 2 is 2.04 bits per heavy atom. The summed E-state index contributed by atoms with van der Waals surface area (Å²) in [6, 6.07) is 7.18. The fourth-order valence-corrected chi connectivity index (χ4v) is 2.81. The van der Waals surface area contributed by atoms with Gasteiger partial charge in [0.2, 0.25) is 0 Å². The van der Waals surface area contributed by atoms with Crippen LogP contribution in [0.1, 0.15) is 41.4 Å². The van der Waals surface area contributed by atoms with E-state index in [9.17, 15) is 9.59 Å². The van der Waals surface area contributed by atoms with E-state index in [4.69, 9.17) is 16.3 Å². The number of hydrogen-bond acceptors (Lipinski definition) is 6. The van der Waals surface area contributed by atoms with E-state index in [1.807, 2.05) is 32.0 Å². The first-order valence-electron chi connectivity index (χ1n) is 8.33. The van der Waals surface area contributed by atoms with Crippen molar-refractivity contribution < 1.29 is 14.3 Å². The van der Waals surface area contributed by atoms with E-state index >= 15 is 0 Å². The van der Waals surface area contributed by atoms with Crippen molar-refractivity contribution in [3.63, 3.8) is 0 Å². The van der Waals surface area contributed by atoms with Crippen LogP contribution in [0.3, 0.4) is 0 Å². The summed E-state index contributed by atoms with van der Waals surface area (Å²) in [6.07, 6.45) is 2.76. The highest BCUT2D eigenvalue weighted by atomic mass is 35.5. The number of aromatic nitrogens is 4. The molecule has 2 heterocycles. The van der Waals surface area contributed by atoms with Crippen LogP contribution in [0.25, 0.3) is 5.78 Å². The number of fused-ring (bicyclic) bond motifs is 1. The van der Waals surface area contributed by atoms with Crippen LogP contribution in [0.2, 0.25) is 5.02 Å². The van der Waals surface area contributed by atoms with Gasteiger partial charge in [-0.3, -0.25) is 4.79 Å². The van der Waals surface area contributed by atoms with Gasteiger partial charge in [0.25, 0.3) is 11.7 Å². The Hall–Kier alpha value is -3.00. The maximum Gasteiger partial charge on any atom is 0.342 e. The Labute approximate surface area is 160 Å². The molecule has 0 spiro atoms. The standard InChI is InChI=1S/C18H18ClN5O3/c1-11(2)16-13(8-21-18-22-10-23-24(16)18)17(26)27-9-15(25)20-7-12-5-3-4-6-14(12)19/h3-6,8,10-11H,7,9H2,1-2H3,(H,20,25). The molecule has 0 aliphatic carbocycles. The quantitative estimate of drug-likeness (QED) is 0.652. The fourth-order valence-electron chi connectivity index (χ4n) is 2.60. The maximum absolute atomic E-state index is 12.4. The van der Waals surface area contributed by atoms with Crippen LogP contribution >= 0.6 is 11.6 Å². The molecule has 0 fully saturated rings. The lowest BCUT2D eigenvalue weighted by atomic mass is 10.1. The highest BCUT2D eigenvalue weighted by Crippen LogP contribution is 2.20. The van der Waals surface area contributed by atoms with E-state index in [-0.39, 0.29) is 18.0 Å². The molecule has 9 heteroatoms. The number of hydrogen-bond donors (Lipinski definition) is 1. The topological polar surface area (TPSA) is 98.5 Å². The SMILES string of the molecule is CC(C)c1c(C(=O)OCC(=O)NCc2ccccc2Cl)cnc2ncnn12. The van der Waals surface area contributed by atoms with Crippen molar-refractivity contribution in [1.82, 2.24) is 24.9 Å². The van der Waals surface area contributed by atoms with Crippen molar-refractivity contribution in [1.29, 1.82) is 0 Å². The van der Waals surface area contributed by atoms with Gasteiger partial charge in [-0.2, -0.15) is 10.1 Å². The average Bonchev–Trinajstić information content (AvgIpc) is 3.13. The molecule has 0 atom stereocenters.